The fraction of sp³-hybridized carbons (Fsp3) is 0.167. The number of hydrogen-bond donors (Lipinski definition) is 1. The van der Waals surface area contributed by atoms with Crippen molar-refractivity contribution < 1.29 is 5.21 Å². The number of nitrogens with zero attached hydrogens (tertiary/aromatic N) is 3. The molecule has 5 heteroatoms. The van der Waals surface area contributed by atoms with E-state index in [2.05, 4.69) is 14.7 Å². The lowest BCUT2D eigenvalue weighted by molar-refractivity contribution is 0.321. The van der Waals surface area contributed by atoms with E-state index in [9.17, 15) is 0 Å². The number of thioether (sulfide) groups is 1. The van der Waals surface area contributed by atoms with Crippen LogP contribution in [0.15, 0.2) is 40.6 Å². The summed E-state index contributed by atoms with van der Waals surface area (Å²) < 4.78 is 2.09. The highest BCUT2D eigenvalue weighted by molar-refractivity contribution is 7.99. The highest BCUT2D eigenvalue weighted by Crippen LogP contribution is 2.32. The second-order valence-electron chi connectivity index (χ2n) is 3.74. The van der Waals surface area contributed by atoms with E-state index in [-0.39, 0.29) is 0 Å². The highest BCUT2D eigenvalue weighted by Gasteiger charge is 2.21. The molecule has 0 saturated carbocycles. The molecule has 1 aromatic carbocycles. The number of fused-ring (bicyclic) bond motifs is 1. The molecule has 1 aliphatic heterocycles. The average Bonchev–Trinajstić information content (AvgIpc) is 2.93. The van der Waals surface area contributed by atoms with E-state index < -0.39 is 0 Å². The zero-order valence-corrected chi connectivity index (χ0v) is 9.89. The second-order valence-corrected chi connectivity index (χ2v) is 4.80. The first kappa shape index (κ1) is 10.4. The zero-order chi connectivity index (χ0) is 11.7. The summed E-state index contributed by atoms with van der Waals surface area (Å²) in [5.41, 5.74) is 2.80. The van der Waals surface area contributed by atoms with E-state index in [1.165, 1.54) is 6.21 Å². The number of rotatable bonds is 2. The van der Waals surface area contributed by atoms with Crippen molar-refractivity contribution in [2.24, 2.45) is 5.16 Å². The molecule has 1 aliphatic rings. The van der Waals surface area contributed by atoms with Crippen molar-refractivity contribution >= 4 is 18.0 Å². The van der Waals surface area contributed by atoms with Gasteiger partial charge in [0.2, 0.25) is 0 Å². The third kappa shape index (κ3) is 1.72. The third-order valence-electron chi connectivity index (χ3n) is 2.75. The van der Waals surface area contributed by atoms with Gasteiger partial charge < -0.3 is 9.77 Å². The Hall–Kier alpha value is -1.75. The van der Waals surface area contributed by atoms with Crippen LogP contribution in [0.25, 0.3) is 11.3 Å². The van der Waals surface area contributed by atoms with E-state index >= 15 is 0 Å². The van der Waals surface area contributed by atoms with Crippen molar-refractivity contribution in [1.29, 1.82) is 0 Å². The Kier molecular flexibility index (Phi) is 2.60. The largest absolute Gasteiger partial charge is 0.411 e. The van der Waals surface area contributed by atoms with Gasteiger partial charge in [0, 0.05) is 17.9 Å². The molecule has 0 radical (unpaired) electrons. The SMILES string of the molecule is ON=Cc1c(-c2ccccc2)nc2n1CCS2. The molecule has 0 amide bonds. The molecule has 0 aliphatic carbocycles. The topological polar surface area (TPSA) is 50.4 Å². The molecule has 0 bridgehead atoms. The van der Waals surface area contributed by atoms with Crippen LogP contribution in [0.3, 0.4) is 0 Å². The minimum absolute atomic E-state index is 0.874. The van der Waals surface area contributed by atoms with E-state index in [4.69, 9.17) is 5.21 Å². The van der Waals surface area contributed by atoms with Crippen molar-refractivity contribution in [1.82, 2.24) is 9.55 Å². The van der Waals surface area contributed by atoms with Gasteiger partial charge in [0.25, 0.3) is 0 Å². The maximum absolute atomic E-state index is 8.76. The van der Waals surface area contributed by atoms with Crippen molar-refractivity contribution in [2.45, 2.75) is 11.7 Å². The number of aromatic nitrogens is 2. The molecule has 3 rings (SSSR count). The number of hydrogen-bond acceptors (Lipinski definition) is 4. The molecule has 4 nitrogen and oxygen atoms in total. The maximum Gasteiger partial charge on any atom is 0.169 e. The number of oxime groups is 1. The fourth-order valence-corrected chi connectivity index (χ4v) is 2.95. The maximum atomic E-state index is 8.76. The predicted octanol–water partition coefficient (Wildman–Crippen LogP) is 2.46. The Morgan fingerprint density at radius 2 is 2.18 bits per heavy atom. The first-order valence-electron chi connectivity index (χ1n) is 5.36. The molecule has 0 saturated heterocycles. The van der Waals surface area contributed by atoms with E-state index in [1.54, 1.807) is 11.8 Å². The predicted molar refractivity (Wildman–Crippen MR) is 67.8 cm³/mol. The van der Waals surface area contributed by atoms with Crippen molar-refractivity contribution in [3.05, 3.63) is 36.0 Å². The summed E-state index contributed by atoms with van der Waals surface area (Å²) >= 11 is 1.73. The Morgan fingerprint density at radius 3 is 2.94 bits per heavy atom. The van der Waals surface area contributed by atoms with Gasteiger partial charge in [0.05, 0.1) is 17.6 Å². The molecule has 0 fully saturated rings. The summed E-state index contributed by atoms with van der Waals surface area (Å²) in [5.74, 6) is 1.03. The van der Waals surface area contributed by atoms with Crippen LogP contribution >= 0.6 is 11.8 Å². The lowest BCUT2D eigenvalue weighted by Gasteiger charge is -2.01. The lowest BCUT2D eigenvalue weighted by Crippen LogP contribution is -2.00. The van der Waals surface area contributed by atoms with Crippen LogP contribution in [0.4, 0.5) is 0 Å². The van der Waals surface area contributed by atoms with Gasteiger partial charge >= 0.3 is 0 Å². The zero-order valence-electron chi connectivity index (χ0n) is 9.08. The molecule has 0 spiro atoms. The minimum atomic E-state index is 0.874. The molecule has 2 aromatic rings. The average molecular weight is 245 g/mol. The lowest BCUT2D eigenvalue weighted by atomic mass is 10.1. The molecular formula is C12H11N3OS. The molecule has 0 atom stereocenters. The highest BCUT2D eigenvalue weighted by atomic mass is 32.2. The molecule has 0 unspecified atom stereocenters. The summed E-state index contributed by atoms with van der Waals surface area (Å²) in [7, 11) is 0. The van der Waals surface area contributed by atoms with Gasteiger partial charge in [-0.25, -0.2) is 4.98 Å². The van der Waals surface area contributed by atoms with Crippen LogP contribution < -0.4 is 0 Å². The Labute approximate surface area is 103 Å². The van der Waals surface area contributed by atoms with Crippen molar-refractivity contribution in [2.75, 3.05) is 5.75 Å². The van der Waals surface area contributed by atoms with Crippen LogP contribution in [0.5, 0.6) is 0 Å². The van der Waals surface area contributed by atoms with E-state index in [0.29, 0.717) is 0 Å². The summed E-state index contributed by atoms with van der Waals surface area (Å²) in [6.45, 7) is 0.918. The molecule has 1 aromatic heterocycles. The van der Waals surface area contributed by atoms with Crippen LogP contribution in [-0.4, -0.2) is 26.7 Å². The summed E-state index contributed by atoms with van der Waals surface area (Å²) in [6.07, 6.45) is 1.46. The van der Waals surface area contributed by atoms with Crippen LogP contribution in [-0.2, 0) is 6.54 Å². The van der Waals surface area contributed by atoms with E-state index in [1.807, 2.05) is 30.3 Å². The second kappa shape index (κ2) is 4.25. The number of imidazole rings is 1. The van der Waals surface area contributed by atoms with Crippen molar-refractivity contribution in [3.63, 3.8) is 0 Å². The number of benzene rings is 1. The van der Waals surface area contributed by atoms with Gasteiger partial charge in [-0.15, -0.1) is 0 Å². The van der Waals surface area contributed by atoms with Gasteiger partial charge in [-0.2, -0.15) is 0 Å². The molecule has 2 heterocycles. The Bertz CT molecular complexity index is 563. The first-order chi connectivity index (χ1) is 8.40. The summed E-state index contributed by atoms with van der Waals surface area (Å²) in [6, 6.07) is 9.95. The van der Waals surface area contributed by atoms with Crippen LogP contribution in [0, 0.1) is 0 Å². The molecular weight excluding hydrogens is 234 g/mol. The monoisotopic (exact) mass is 245 g/mol. The molecule has 86 valence electrons. The molecule has 1 N–H and O–H groups in total. The molecule has 17 heavy (non-hydrogen) atoms. The first-order valence-corrected chi connectivity index (χ1v) is 6.35. The standard InChI is InChI=1S/C12H11N3OS/c16-13-8-10-11(9-4-2-1-3-5-9)14-12-15(10)6-7-17-12/h1-5,8,16H,6-7H2. The summed E-state index contributed by atoms with van der Waals surface area (Å²) in [4.78, 5) is 4.60. The van der Waals surface area contributed by atoms with Crippen LogP contribution in [0.1, 0.15) is 5.69 Å². The van der Waals surface area contributed by atoms with E-state index in [0.717, 1.165) is 34.4 Å². The van der Waals surface area contributed by atoms with Crippen LogP contribution in [0.2, 0.25) is 0 Å². The quantitative estimate of drug-likeness (QED) is 0.502. The minimum Gasteiger partial charge on any atom is -0.411 e. The van der Waals surface area contributed by atoms with Crippen molar-refractivity contribution in [3.8, 4) is 11.3 Å². The normalized spacial score (nSPS) is 14.4. The van der Waals surface area contributed by atoms with Gasteiger partial charge in [-0.1, -0.05) is 47.2 Å². The third-order valence-corrected chi connectivity index (χ3v) is 3.70. The Balaban J connectivity index is 2.17. The van der Waals surface area contributed by atoms with Gasteiger partial charge in [0.15, 0.2) is 5.16 Å². The van der Waals surface area contributed by atoms with Gasteiger partial charge in [0.1, 0.15) is 0 Å². The van der Waals surface area contributed by atoms with Gasteiger partial charge in [-0.05, 0) is 0 Å². The Morgan fingerprint density at radius 1 is 1.35 bits per heavy atom. The summed E-state index contributed by atoms with van der Waals surface area (Å²) in [5, 5.41) is 12.9. The fourth-order valence-electron chi connectivity index (χ4n) is 1.99. The van der Waals surface area contributed by atoms with Gasteiger partial charge in [-0.3, -0.25) is 0 Å². The smallest absolute Gasteiger partial charge is 0.169 e.